The lowest BCUT2D eigenvalue weighted by Crippen LogP contribution is -2.50. The molecule has 0 amide bonds. The maximum absolute atomic E-state index is 9.74. The minimum Gasteiger partial charge on any atom is -0.394 e. The second kappa shape index (κ2) is 9.66. The van der Waals surface area contributed by atoms with Crippen LogP contribution >= 0.6 is 0 Å². The number of rotatable bonds is 9. The lowest BCUT2D eigenvalue weighted by molar-refractivity contribution is -0.271. The predicted molar refractivity (Wildman–Crippen MR) is 71.7 cm³/mol. The first kappa shape index (κ1) is 16.9. The van der Waals surface area contributed by atoms with Crippen molar-refractivity contribution in [3.63, 3.8) is 0 Å². The van der Waals surface area contributed by atoms with E-state index in [1.807, 2.05) is 0 Å². The molecule has 4 atom stereocenters. The van der Waals surface area contributed by atoms with E-state index in [9.17, 15) is 10.2 Å². The lowest BCUT2D eigenvalue weighted by Gasteiger charge is -2.36. The van der Waals surface area contributed by atoms with Crippen LogP contribution in [-0.2, 0) is 9.47 Å². The van der Waals surface area contributed by atoms with Crippen LogP contribution in [0, 0.1) is 0 Å². The lowest BCUT2D eigenvalue weighted by atomic mass is 10.0. The summed E-state index contributed by atoms with van der Waals surface area (Å²) in [5, 5.41) is 28.4. The highest BCUT2D eigenvalue weighted by Crippen LogP contribution is 2.21. The second-order valence-corrected chi connectivity index (χ2v) is 5.24. The Balaban J connectivity index is 2.13. The molecule has 1 aliphatic rings. The van der Waals surface area contributed by atoms with Gasteiger partial charge in [0.1, 0.15) is 6.10 Å². The third-order valence-corrected chi connectivity index (χ3v) is 3.49. The third kappa shape index (κ3) is 6.19. The molecular weight excluding hydrogens is 248 g/mol. The average molecular weight is 276 g/mol. The van der Waals surface area contributed by atoms with E-state index in [4.69, 9.17) is 14.6 Å². The Morgan fingerprint density at radius 1 is 1.11 bits per heavy atom. The van der Waals surface area contributed by atoms with Gasteiger partial charge in [0, 0.05) is 13.0 Å². The summed E-state index contributed by atoms with van der Waals surface area (Å²) >= 11 is 0. The zero-order valence-corrected chi connectivity index (χ0v) is 11.8. The summed E-state index contributed by atoms with van der Waals surface area (Å²) < 4.78 is 10.8. The van der Waals surface area contributed by atoms with Crippen LogP contribution in [0.15, 0.2) is 0 Å². The largest absolute Gasteiger partial charge is 0.394 e. The van der Waals surface area contributed by atoms with E-state index in [0.29, 0.717) is 6.61 Å². The maximum atomic E-state index is 9.74. The fourth-order valence-electron chi connectivity index (χ4n) is 2.25. The SMILES string of the molecule is CCCCCCCCO[C@@H]1O[C@H](CO)C[C@H](O)[C@H]1O. The van der Waals surface area contributed by atoms with Crippen molar-refractivity contribution < 1.29 is 24.8 Å². The average Bonchev–Trinajstić information content (AvgIpc) is 2.42. The van der Waals surface area contributed by atoms with Crippen LogP contribution in [-0.4, -0.2) is 53.1 Å². The Labute approximate surface area is 115 Å². The fraction of sp³-hybridized carbons (Fsp3) is 1.00. The molecule has 1 saturated heterocycles. The van der Waals surface area contributed by atoms with Gasteiger partial charge in [-0.25, -0.2) is 0 Å². The van der Waals surface area contributed by atoms with Crippen LogP contribution in [0.2, 0.25) is 0 Å². The molecule has 1 heterocycles. The highest BCUT2D eigenvalue weighted by Gasteiger charge is 2.36. The molecule has 0 aliphatic carbocycles. The number of hydrogen-bond acceptors (Lipinski definition) is 5. The Hall–Kier alpha value is -0.200. The smallest absolute Gasteiger partial charge is 0.186 e. The van der Waals surface area contributed by atoms with Crippen LogP contribution < -0.4 is 0 Å². The van der Waals surface area contributed by atoms with Crippen LogP contribution in [0.3, 0.4) is 0 Å². The van der Waals surface area contributed by atoms with Crippen molar-refractivity contribution in [3.05, 3.63) is 0 Å². The van der Waals surface area contributed by atoms with Crippen LogP contribution in [0.1, 0.15) is 51.9 Å². The number of aliphatic hydroxyl groups is 3. The summed E-state index contributed by atoms with van der Waals surface area (Å²) in [6.45, 7) is 2.53. The molecule has 0 spiro atoms. The first-order valence-electron chi connectivity index (χ1n) is 7.43. The molecule has 5 heteroatoms. The van der Waals surface area contributed by atoms with Gasteiger partial charge in [-0.15, -0.1) is 0 Å². The zero-order valence-electron chi connectivity index (χ0n) is 11.8. The topological polar surface area (TPSA) is 79.2 Å². The summed E-state index contributed by atoms with van der Waals surface area (Å²) in [4.78, 5) is 0. The molecule has 1 fully saturated rings. The molecule has 0 aromatic carbocycles. The fourth-order valence-corrected chi connectivity index (χ4v) is 2.25. The van der Waals surface area contributed by atoms with Gasteiger partial charge < -0.3 is 24.8 Å². The Kier molecular flexibility index (Phi) is 8.57. The van der Waals surface area contributed by atoms with Crippen molar-refractivity contribution in [2.75, 3.05) is 13.2 Å². The first-order valence-corrected chi connectivity index (χ1v) is 7.43. The van der Waals surface area contributed by atoms with Crippen molar-refractivity contribution in [2.45, 2.75) is 76.5 Å². The van der Waals surface area contributed by atoms with Crippen molar-refractivity contribution in [2.24, 2.45) is 0 Å². The minimum absolute atomic E-state index is 0.166. The summed E-state index contributed by atoms with van der Waals surface area (Å²) in [7, 11) is 0. The Bertz CT molecular complexity index is 224. The molecule has 0 aromatic heterocycles. The normalized spacial score (nSPS) is 31.6. The molecule has 3 N–H and O–H groups in total. The van der Waals surface area contributed by atoms with Crippen molar-refractivity contribution in [1.29, 1.82) is 0 Å². The van der Waals surface area contributed by atoms with Crippen molar-refractivity contribution in [3.8, 4) is 0 Å². The first-order chi connectivity index (χ1) is 9.19. The van der Waals surface area contributed by atoms with E-state index in [0.717, 1.165) is 12.8 Å². The van der Waals surface area contributed by atoms with Crippen LogP contribution in [0.25, 0.3) is 0 Å². The summed E-state index contributed by atoms with van der Waals surface area (Å²) in [5.41, 5.74) is 0. The molecule has 0 unspecified atom stereocenters. The van der Waals surface area contributed by atoms with Gasteiger partial charge in [0.25, 0.3) is 0 Å². The second-order valence-electron chi connectivity index (χ2n) is 5.24. The van der Waals surface area contributed by atoms with Gasteiger partial charge in [0.2, 0.25) is 0 Å². The molecule has 1 aliphatic heterocycles. The summed E-state index contributed by atoms with van der Waals surface area (Å²) in [6.07, 6.45) is 4.05. The molecule has 0 saturated carbocycles. The van der Waals surface area contributed by atoms with E-state index in [-0.39, 0.29) is 13.0 Å². The predicted octanol–water partition coefficient (Wildman–Crippen LogP) is 1.19. The molecule has 114 valence electrons. The van der Waals surface area contributed by atoms with Gasteiger partial charge in [0.15, 0.2) is 6.29 Å². The van der Waals surface area contributed by atoms with Crippen LogP contribution in [0.4, 0.5) is 0 Å². The maximum Gasteiger partial charge on any atom is 0.186 e. The highest BCUT2D eigenvalue weighted by atomic mass is 16.7. The van der Waals surface area contributed by atoms with Gasteiger partial charge in [0.05, 0.1) is 18.8 Å². The number of unbranched alkanes of at least 4 members (excludes halogenated alkanes) is 5. The van der Waals surface area contributed by atoms with Gasteiger partial charge in [-0.1, -0.05) is 39.0 Å². The van der Waals surface area contributed by atoms with Crippen LogP contribution in [0.5, 0.6) is 0 Å². The zero-order chi connectivity index (χ0) is 14.1. The molecule has 5 nitrogen and oxygen atoms in total. The molecule has 1 rings (SSSR count). The van der Waals surface area contributed by atoms with E-state index in [1.165, 1.54) is 25.7 Å². The quantitative estimate of drug-likeness (QED) is 0.551. The molecule has 19 heavy (non-hydrogen) atoms. The summed E-state index contributed by atoms with van der Waals surface area (Å²) in [5.74, 6) is 0. The monoisotopic (exact) mass is 276 g/mol. The third-order valence-electron chi connectivity index (χ3n) is 3.49. The van der Waals surface area contributed by atoms with Gasteiger partial charge in [-0.05, 0) is 6.42 Å². The Morgan fingerprint density at radius 3 is 2.47 bits per heavy atom. The van der Waals surface area contributed by atoms with Gasteiger partial charge in [-0.2, -0.15) is 0 Å². The molecule has 0 bridgehead atoms. The highest BCUT2D eigenvalue weighted by molar-refractivity contribution is 4.80. The molecular formula is C14H28O5. The van der Waals surface area contributed by atoms with Gasteiger partial charge >= 0.3 is 0 Å². The van der Waals surface area contributed by atoms with Gasteiger partial charge in [-0.3, -0.25) is 0 Å². The number of hydrogen-bond donors (Lipinski definition) is 3. The standard InChI is InChI=1S/C14H28O5/c1-2-3-4-5-6-7-8-18-14-13(17)12(16)9-11(10-15)19-14/h11-17H,2-10H2,1H3/t11-,12-,13+,14+/m0/s1. The number of aliphatic hydroxyl groups excluding tert-OH is 3. The van der Waals surface area contributed by atoms with Crippen molar-refractivity contribution in [1.82, 2.24) is 0 Å². The molecule has 0 aromatic rings. The minimum atomic E-state index is -1.03. The molecule has 0 radical (unpaired) electrons. The van der Waals surface area contributed by atoms with E-state index < -0.39 is 24.6 Å². The number of ether oxygens (including phenoxy) is 2. The van der Waals surface area contributed by atoms with E-state index >= 15 is 0 Å². The summed E-state index contributed by atoms with van der Waals surface area (Å²) in [6, 6.07) is 0. The van der Waals surface area contributed by atoms with E-state index in [1.54, 1.807) is 0 Å². The Morgan fingerprint density at radius 2 is 1.79 bits per heavy atom. The van der Waals surface area contributed by atoms with E-state index in [2.05, 4.69) is 6.92 Å². The van der Waals surface area contributed by atoms with Crippen molar-refractivity contribution >= 4 is 0 Å².